The van der Waals surface area contributed by atoms with Crippen LogP contribution in [0.25, 0.3) is 27.8 Å². The van der Waals surface area contributed by atoms with Gasteiger partial charge in [0.15, 0.2) is 11.5 Å². The molecule has 4 aromatic rings. The molecule has 0 bridgehead atoms. The molecule has 8 heteroatoms. The topological polar surface area (TPSA) is 104 Å². The molecule has 0 atom stereocenters. The van der Waals surface area contributed by atoms with Gasteiger partial charge in [-0.3, -0.25) is 9.36 Å². The van der Waals surface area contributed by atoms with Crippen molar-refractivity contribution in [1.82, 2.24) is 29.6 Å². The first-order valence-electron chi connectivity index (χ1n) is 9.76. The maximum atomic E-state index is 13.1. The van der Waals surface area contributed by atoms with Crippen molar-refractivity contribution in [2.45, 2.75) is 45.2 Å². The molecule has 0 radical (unpaired) electrons. The van der Waals surface area contributed by atoms with Gasteiger partial charge in [0.25, 0.3) is 5.91 Å². The minimum atomic E-state index is -0.323. The molecule has 1 amide bonds. The van der Waals surface area contributed by atoms with Crippen LogP contribution < -0.4 is 11.1 Å². The number of anilines is 1. The summed E-state index contributed by atoms with van der Waals surface area (Å²) in [6.45, 7) is 6.15. The molecule has 0 aliphatic heterocycles. The van der Waals surface area contributed by atoms with Crippen LogP contribution in [0, 0.1) is 0 Å². The molecule has 0 saturated heterocycles. The van der Waals surface area contributed by atoms with Gasteiger partial charge >= 0.3 is 0 Å². The number of hydrogen-bond donors (Lipinski definition) is 2. The number of nitrogen functional groups attached to an aromatic ring is 1. The maximum Gasteiger partial charge on any atom is 0.268 e. The fourth-order valence-electron chi connectivity index (χ4n) is 3.62. The van der Waals surface area contributed by atoms with Crippen molar-refractivity contribution >= 4 is 33.7 Å². The molecule has 1 fully saturated rings. The SMILES string of the molecule is CC(C)(C)n1nc(-n2c(C(=O)NC3CC3)cc3ccccc32)c2c(N)ncnc21. The molecule has 5 rings (SSSR count). The third-order valence-electron chi connectivity index (χ3n) is 5.18. The largest absolute Gasteiger partial charge is 0.383 e. The van der Waals surface area contributed by atoms with Crippen LogP contribution in [0.4, 0.5) is 5.82 Å². The van der Waals surface area contributed by atoms with Crippen LogP contribution in [0.15, 0.2) is 36.7 Å². The monoisotopic (exact) mass is 389 g/mol. The molecule has 3 heterocycles. The highest BCUT2D eigenvalue weighted by molar-refractivity contribution is 6.02. The van der Waals surface area contributed by atoms with Gasteiger partial charge in [0.2, 0.25) is 0 Å². The number of fused-ring (bicyclic) bond motifs is 2. The lowest BCUT2D eigenvalue weighted by Crippen LogP contribution is -2.27. The molecule has 3 N–H and O–H groups in total. The van der Waals surface area contributed by atoms with Crippen molar-refractivity contribution in [3.05, 3.63) is 42.4 Å². The van der Waals surface area contributed by atoms with E-state index in [1.165, 1.54) is 6.33 Å². The molecule has 1 aliphatic carbocycles. The Morgan fingerprint density at radius 3 is 2.69 bits per heavy atom. The maximum absolute atomic E-state index is 13.1. The second-order valence-electron chi connectivity index (χ2n) is 8.54. The van der Waals surface area contributed by atoms with Gasteiger partial charge in [-0.05, 0) is 45.7 Å². The zero-order chi connectivity index (χ0) is 20.3. The van der Waals surface area contributed by atoms with E-state index in [0.29, 0.717) is 28.4 Å². The second-order valence-corrected chi connectivity index (χ2v) is 8.54. The summed E-state index contributed by atoms with van der Waals surface area (Å²) in [4.78, 5) is 21.7. The third kappa shape index (κ3) is 2.83. The lowest BCUT2D eigenvalue weighted by molar-refractivity contribution is 0.0944. The first-order chi connectivity index (χ1) is 13.8. The first-order valence-corrected chi connectivity index (χ1v) is 9.76. The van der Waals surface area contributed by atoms with E-state index in [-0.39, 0.29) is 17.5 Å². The number of benzene rings is 1. The minimum Gasteiger partial charge on any atom is -0.383 e. The smallest absolute Gasteiger partial charge is 0.268 e. The Balaban J connectivity index is 1.84. The van der Waals surface area contributed by atoms with E-state index in [4.69, 9.17) is 10.8 Å². The fraction of sp³-hybridized carbons (Fsp3) is 0.333. The van der Waals surface area contributed by atoms with E-state index < -0.39 is 0 Å². The van der Waals surface area contributed by atoms with Crippen molar-refractivity contribution in [2.24, 2.45) is 0 Å². The standard InChI is InChI=1S/C21H23N7O/c1-21(2,3)28-18-16(17(22)23-11-24-18)19(26-28)27-14-7-5-4-6-12(14)10-15(27)20(29)25-13-8-9-13/h4-7,10-11,13H,8-9H2,1-3H3,(H,25,29)(H2,22,23,24). The summed E-state index contributed by atoms with van der Waals surface area (Å²) in [6, 6.07) is 10.0. The Kier molecular flexibility index (Phi) is 3.68. The highest BCUT2D eigenvalue weighted by Gasteiger charge is 2.29. The summed E-state index contributed by atoms with van der Waals surface area (Å²) in [6.07, 6.45) is 3.49. The van der Waals surface area contributed by atoms with Crippen molar-refractivity contribution in [3.8, 4) is 5.82 Å². The number of nitrogens with one attached hydrogen (secondary N) is 1. The van der Waals surface area contributed by atoms with Crippen LogP contribution in [0.1, 0.15) is 44.1 Å². The van der Waals surface area contributed by atoms with Crippen molar-refractivity contribution in [3.63, 3.8) is 0 Å². The molecule has 0 unspecified atom stereocenters. The third-order valence-corrected chi connectivity index (χ3v) is 5.18. The van der Waals surface area contributed by atoms with Gasteiger partial charge < -0.3 is 11.1 Å². The number of carbonyl (C=O) groups excluding carboxylic acids is 1. The van der Waals surface area contributed by atoms with Crippen molar-refractivity contribution < 1.29 is 4.79 Å². The number of nitrogens with zero attached hydrogens (tertiary/aromatic N) is 5. The number of aromatic nitrogens is 5. The number of para-hydroxylation sites is 1. The molecule has 3 aromatic heterocycles. The lowest BCUT2D eigenvalue weighted by atomic mass is 10.1. The van der Waals surface area contributed by atoms with Gasteiger partial charge in [-0.15, -0.1) is 0 Å². The molecule has 8 nitrogen and oxygen atoms in total. The van der Waals surface area contributed by atoms with E-state index in [1.54, 1.807) is 0 Å². The summed E-state index contributed by atoms with van der Waals surface area (Å²) >= 11 is 0. The summed E-state index contributed by atoms with van der Waals surface area (Å²) in [5.41, 5.74) is 8.00. The van der Waals surface area contributed by atoms with Gasteiger partial charge in [-0.25, -0.2) is 14.6 Å². The molecular weight excluding hydrogens is 366 g/mol. The quantitative estimate of drug-likeness (QED) is 0.561. The van der Waals surface area contributed by atoms with Gasteiger partial charge in [0.1, 0.15) is 23.2 Å². The normalized spacial score (nSPS) is 14.6. The van der Waals surface area contributed by atoms with Crippen LogP contribution in [0.5, 0.6) is 0 Å². The van der Waals surface area contributed by atoms with Crippen molar-refractivity contribution in [2.75, 3.05) is 5.73 Å². The summed E-state index contributed by atoms with van der Waals surface area (Å²) in [5, 5.41) is 9.56. The van der Waals surface area contributed by atoms with Crippen LogP contribution in [-0.4, -0.2) is 36.3 Å². The highest BCUT2D eigenvalue weighted by atomic mass is 16.2. The zero-order valence-corrected chi connectivity index (χ0v) is 16.7. The molecule has 148 valence electrons. The number of nitrogens with two attached hydrogens (primary N) is 1. The number of rotatable bonds is 3. The molecule has 0 spiro atoms. The average Bonchev–Trinajstić information content (AvgIpc) is 3.26. The van der Waals surface area contributed by atoms with Crippen molar-refractivity contribution in [1.29, 1.82) is 0 Å². The highest BCUT2D eigenvalue weighted by Crippen LogP contribution is 2.33. The van der Waals surface area contributed by atoms with E-state index >= 15 is 0 Å². The first kappa shape index (κ1) is 17.7. The summed E-state index contributed by atoms with van der Waals surface area (Å²) in [5.74, 6) is 0.791. The van der Waals surface area contributed by atoms with E-state index in [0.717, 1.165) is 23.7 Å². The van der Waals surface area contributed by atoms with Gasteiger partial charge in [0.05, 0.1) is 11.1 Å². The van der Waals surface area contributed by atoms with Crippen LogP contribution >= 0.6 is 0 Å². The predicted molar refractivity (Wildman–Crippen MR) is 112 cm³/mol. The van der Waals surface area contributed by atoms with E-state index in [9.17, 15) is 4.79 Å². The Hall–Kier alpha value is -3.42. The second kappa shape index (κ2) is 6.04. The van der Waals surface area contributed by atoms with Gasteiger partial charge in [0, 0.05) is 11.4 Å². The lowest BCUT2D eigenvalue weighted by Gasteiger charge is -2.19. The van der Waals surface area contributed by atoms with Crippen LogP contribution in [-0.2, 0) is 5.54 Å². The Morgan fingerprint density at radius 2 is 1.97 bits per heavy atom. The van der Waals surface area contributed by atoms with Gasteiger partial charge in [-0.2, -0.15) is 5.10 Å². The number of hydrogen-bond acceptors (Lipinski definition) is 5. The molecule has 1 aromatic carbocycles. The van der Waals surface area contributed by atoms with E-state index in [1.807, 2.05) is 39.6 Å². The Bertz CT molecular complexity index is 1260. The van der Waals surface area contributed by atoms with Gasteiger partial charge in [-0.1, -0.05) is 18.2 Å². The summed E-state index contributed by atoms with van der Waals surface area (Å²) < 4.78 is 3.71. The molecule has 1 aliphatic rings. The zero-order valence-electron chi connectivity index (χ0n) is 16.7. The predicted octanol–water partition coefficient (Wildman–Crippen LogP) is 3.00. The van der Waals surface area contributed by atoms with Crippen LogP contribution in [0.3, 0.4) is 0 Å². The summed E-state index contributed by atoms with van der Waals surface area (Å²) in [7, 11) is 0. The average molecular weight is 389 g/mol. The Morgan fingerprint density at radius 1 is 1.21 bits per heavy atom. The number of carbonyl (C=O) groups is 1. The van der Waals surface area contributed by atoms with Crippen LogP contribution in [0.2, 0.25) is 0 Å². The van der Waals surface area contributed by atoms with E-state index in [2.05, 4.69) is 36.1 Å². The number of amides is 1. The molecular formula is C21H23N7O. The molecule has 1 saturated carbocycles. The molecule has 29 heavy (non-hydrogen) atoms. The fourth-order valence-corrected chi connectivity index (χ4v) is 3.62. The minimum absolute atomic E-state index is 0.113. The Labute approximate surface area is 167 Å².